The number of benzene rings is 2. The third-order valence-electron chi connectivity index (χ3n) is 4.81. The molecule has 8 heteroatoms. The summed E-state index contributed by atoms with van der Waals surface area (Å²) >= 11 is 1.48. The Kier molecular flexibility index (Phi) is 7.26. The molecule has 0 aliphatic carbocycles. The van der Waals surface area contributed by atoms with E-state index in [2.05, 4.69) is 23.7 Å². The number of rotatable bonds is 9. The number of para-hydroxylation sites is 1. The zero-order valence-electron chi connectivity index (χ0n) is 17.0. The van der Waals surface area contributed by atoms with Crippen molar-refractivity contribution < 1.29 is 9.72 Å². The fraction of sp³-hybridized carbons (Fsp3) is 0.273. The number of hydrogen-bond acceptors (Lipinski definition) is 6. The summed E-state index contributed by atoms with van der Waals surface area (Å²) in [5.74, 6) is -0.201. The van der Waals surface area contributed by atoms with Crippen molar-refractivity contribution in [3.8, 4) is 0 Å². The maximum absolute atomic E-state index is 13.1. The highest BCUT2D eigenvalue weighted by molar-refractivity contribution is 7.22. The molecule has 0 spiro atoms. The molecular formula is C22H24N4O3S. The summed E-state index contributed by atoms with van der Waals surface area (Å²) in [6, 6.07) is 14.0. The van der Waals surface area contributed by atoms with Gasteiger partial charge in [-0.05, 0) is 36.9 Å². The van der Waals surface area contributed by atoms with Crippen molar-refractivity contribution in [3.63, 3.8) is 0 Å². The fourth-order valence-electron chi connectivity index (χ4n) is 3.06. The number of carbonyl (C=O) groups is 1. The first-order chi connectivity index (χ1) is 14.5. The van der Waals surface area contributed by atoms with Crippen molar-refractivity contribution in [3.05, 3.63) is 70.3 Å². The molecule has 1 heterocycles. The molecule has 0 aliphatic rings. The Morgan fingerprint density at radius 2 is 1.90 bits per heavy atom. The maximum Gasteiger partial charge on any atom is 0.270 e. The number of aromatic nitrogens is 1. The van der Waals surface area contributed by atoms with Gasteiger partial charge in [0.1, 0.15) is 0 Å². The van der Waals surface area contributed by atoms with Gasteiger partial charge in [0.2, 0.25) is 0 Å². The molecule has 2 aromatic carbocycles. The van der Waals surface area contributed by atoms with Crippen LogP contribution >= 0.6 is 11.3 Å². The predicted molar refractivity (Wildman–Crippen MR) is 122 cm³/mol. The van der Waals surface area contributed by atoms with Crippen LogP contribution < -0.4 is 4.90 Å². The maximum atomic E-state index is 13.1. The van der Waals surface area contributed by atoms with Crippen LogP contribution in [0.25, 0.3) is 16.3 Å². The molecule has 0 saturated carbocycles. The summed E-state index contributed by atoms with van der Waals surface area (Å²) in [6.45, 7) is 7.24. The van der Waals surface area contributed by atoms with Crippen molar-refractivity contribution in [1.82, 2.24) is 9.88 Å². The summed E-state index contributed by atoms with van der Waals surface area (Å²) < 4.78 is 1.02. The molecule has 0 atom stereocenters. The number of carbonyl (C=O) groups excluding carboxylic acids is 1. The van der Waals surface area contributed by atoms with Gasteiger partial charge in [0.25, 0.3) is 11.6 Å². The first-order valence-corrected chi connectivity index (χ1v) is 10.7. The monoisotopic (exact) mass is 424 g/mol. The number of amides is 1. The summed E-state index contributed by atoms with van der Waals surface area (Å²) in [7, 11) is 0. The van der Waals surface area contributed by atoms with E-state index < -0.39 is 4.92 Å². The van der Waals surface area contributed by atoms with E-state index in [1.165, 1.54) is 29.5 Å². The third-order valence-corrected chi connectivity index (χ3v) is 5.87. The molecule has 0 unspecified atom stereocenters. The Morgan fingerprint density at radius 3 is 2.60 bits per heavy atom. The lowest BCUT2D eigenvalue weighted by atomic mass is 10.2. The van der Waals surface area contributed by atoms with Gasteiger partial charge in [-0.25, -0.2) is 4.98 Å². The van der Waals surface area contributed by atoms with E-state index in [1.54, 1.807) is 23.1 Å². The second-order valence-corrected chi connectivity index (χ2v) is 7.68. The topological polar surface area (TPSA) is 79.6 Å². The molecule has 3 aromatic rings. The van der Waals surface area contributed by atoms with E-state index in [0.717, 1.165) is 29.9 Å². The molecule has 3 rings (SSSR count). The van der Waals surface area contributed by atoms with E-state index in [-0.39, 0.29) is 11.6 Å². The molecule has 0 bridgehead atoms. The zero-order valence-corrected chi connectivity index (χ0v) is 17.8. The number of non-ortho nitro benzene ring substituents is 1. The van der Waals surface area contributed by atoms with Gasteiger partial charge in [0.15, 0.2) is 5.13 Å². The van der Waals surface area contributed by atoms with Crippen molar-refractivity contribution in [2.45, 2.75) is 13.8 Å². The van der Waals surface area contributed by atoms with Crippen LogP contribution in [0.1, 0.15) is 19.4 Å². The molecule has 1 aromatic heterocycles. The van der Waals surface area contributed by atoms with Crippen LogP contribution in [-0.2, 0) is 4.79 Å². The minimum Gasteiger partial charge on any atom is -0.302 e. The summed E-state index contributed by atoms with van der Waals surface area (Å²) in [6.07, 6.45) is 3.06. The number of hydrogen-bond donors (Lipinski definition) is 0. The Morgan fingerprint density at radius 1 is 1.13 bits per heavy atom. The number of nitro benzene ring substituents is 1. The van der Waals surface area contributed by atoms with E-state index in [1.807, 2.05) is 24.3 Å². The molecule has 0 N–H and O–H groups in total. The van der Waals surface area contributed by atoms with Gasteiger partial charge in [-0.3, -0.25) is 19.8 Å². The first-order valence-electron chi connectivity index (χ1n) is 9.83. The van der Waals surface area contributed by atoms with Gasteiger partial charge in [0, 0.05) is 31.3 Å². The van der Waals surface area contributed by atoms with Crippen molar-refractivity contribution in [1.29, 1.82) is 0 Å². The van der Waals surface area contributed by atoms with Crippen LogP contribution in [0.5, 0.6) is 0 Å². The van der Waals surface area contributed by atoms with Crippen LogP contribution in [0.4, 0.5) is 10.8 Å². The van der Waals surface area contributed by atoms with Crippen molar-refractivity contribution in [2.24, 2.45) is 0 Å². The smallest absolute Gasteiger partial charge is 0.270 e. The van der Waals surface area contributed by atoms with Crippen LogP contribution in [-0.4, -0.2) is 46.9 Å². The SMILES string of the molecule is CCN(CC)CCN(C(=O)C=Cc1cccc([N+](=O)[O-])c1)c1nc2ccccc2s1. The molecule has 0 fully saturated rings. The first kappa shape index (κ1) is 21.6. The molecule has 156 valence electrons. The van der Waals surface area contributed by atoms with Gasteiger partial charge >= 0.3 is 0 Å². The van der Waals surface area contributed by atoms with Crippen LogP contribution in [0.3, 0.4) is 0 Å². The van der Waals surface area contributed by atoms with Gasteiger partial charge in [-0.15, -0.1) is 0 Å². The molecule has 30 heavy (non-hydrogen) atoms. The van der Waals surface area contributed by atoms with Gasteiger partial charge in [0.05, 0.1) is 15.1 Å². The molecule has 0 aliphatic heterocycles. The van der Waals surface area contributed by atoms with Crippen LogP contribution in [0.2, 0.25) is 0 Å². The number of fused-ring (bicyclic) bond motifs is 1. The Bertz CT molecular complexity index is 1030. The van der Waals surface area contributed by atoms with Crippen molar-refractivity contribution >= 4 is 44.4 Å². The third kappa shape index (κ3) is 5.28. The predicted octanol–water partition coefficient (Wildman–Crippen LogP) is 4.59. The van der Waals surface area contributed by atoms with E-state index in [0.29, 0.717) is 17.2 Å². The lowest BCUT2D eigenvalue weighted by molar-refractivity contribution is -0.384. The van der Waals surface area contributed by atoms with Gasteiger partial charge < -0.3 is 4.90 Å². The lowest BCUT2D eigenvalue weighted by Crippen LogP contribution is -2.38. The molecule has 1 amide bonds. The largest absolute Gasteiger partial charge is 0.302 e. The Balaban J connectivity index is 1.85. The van der Waals surface area contributed by atoms with Crippen molar-refractivity contribution in [2.75, 3.05) is 31.1 Å². The molecule has 0 saturated heterocycles. The van der Waals surface area contributed by atoms with E-state index >= 15 is 0 Å². The number of nitrogens with zero attached hydrogens (tertiary/aromatic N) is 4. The normalized spacial score (nSPS) is 11.4. The fourth-order valence-corrected chi connectivity index (χ4v) is 4.05. The van der Waals surface area contributed by atoms with Crippen LogP contribution in [0.15, 0.2) is 54.6 Å². The summed E-state index contributed by atoms with van der Waals surface area (Å²) in [4.78, 5) is 32.1. The number of thiazole rings is 1. The minimum absolute atomic E-state index is 0.00541. The van der Waals surface area contributed by atoms with Crippen LogP contribution in [0, 0.1) is 10.1 Å². The molecule has 7 nitrogen and oxygen atoms in total. The minimum atomic E-state index is -0.448. The van der Waals surface area contributed by atoms with E-state index in [4.69, 9.17) is 0 Å². The van der Waals surface area contributed by atoms with Gasteiger partial charge in [-0.2, -0.15) is 0 Å². The zero-order chi connectivity index (χ0) is 21.5. The highest BCUT2D eigenvalue weighted by Gasteiger charge is 2.18. The molecular weight excluding hydrogens is 400 g/mol. The van der Waals surface area contributed by atoms with E-state index in [9.17, 15) is 14.9 Å². The number of nitro groups is 1. The quantitative estimate of drug-likeness (QED) is 0.285. The Hall–Kier alpha value is -3.10. The average Bonchev–Trinajstić information content (AvgIpc) is 3.19. The highest BCUT2D eigenvalue weighted by atomic mass is 32.1. The Labute approximate surface area is 179 Å². The second kappa shape index (κ2) is 10.1. The average molecular weight is 425 g/mol. The second-order valence-electron chi connectivity index (χ2n) is 6.67. The summed E-state index contributed by atoms with van der Waals surface area (Å²) in [5, 5.41) is 11.6. The lowest BCUT2D eigenvalue weighted by Gasteiger charge is -2.23. The molecule has 0 radical (unpaired) electrons. The number of likely N-dealkylation sites (N-methyl/N-ethyl adjacent to an activating group) is 1. The highest BCUT2D eigenvalue weighted by Crippen LogP contribution is 2.29. The summed E-state index contributed by atoms with van der Waals surface area (Å²) in [5.41, 5.74) is 1.46. The number of anilines is 1. The standard InChI is InChI=1S/C22H24N4O3S/c1-3-24(4-2)14-15-25(22-23-19-10-5-6-11-20(19)30-22)21(27)13-12-17-8-7-9-18(16-17)26(28)29/h5-13,16H,3-4,14-15H2,1-2H3. The van der Waals surface area contributed by atoms with Gasteiger partial charge in [-0.1, -0.05) is 49.4 Å².